The van der Waals surface area contributed by atoms with Gasteiger partial charge in [-0.3, -0.25) is 15.1 Å². The van der Waals surface area contributed by atoms with E-state index in [9.17, 15) is 10.1 Å². The summed E-state index contributed by atoms with van der Waals surface area (Å²) in [5.74, 6) is 1.18. The molecule has 1 aliphatic rings. The molecule has 3 heterocycles. The maximum atomic E-state index is 10.9. The molecule has 0 atom stereocenters. The fraction of sp³-hybridized carbons (Fsp3) is 0.250. The van der Waals surface area contributed by atoms with Crippen molar-refractivity contribution in [3.63, 3.8) is 0 Å². The van der Waals surface area contributed by atoms with Crippen LogP contribution in [0.1, 0.15) is 24.8 Å². The van der Waals surface area contributed by atoms with Gasteiger partial charge >= 0.3 is 0 Å². The van der Waals surface area contributed by atoms with E-state index in [1.807, 2.05) is 12.1 Å². The number of hydrogen-bond donors (Lipinski definition) is 2. The van der Waals surface area contributed by atoms with Gasteiger partial charge in [-0.2, -0.15) is 20.1 Å². The van der Waals surface area contributed by atoms with Gasteiger partial charge in [-0.05, 0) is 49.1 Å². The van der Waals surface area contributed by atoms with Gasteiger partial charge in [0, 0.05) is 43.3 Å². The Hall–Kier alpha value is -4.15. The minimum absolute atomic E-state index is 0.0167. The molecule has 31 heavy (non-hydrogen) atoms. The smallest absolute Gasteiger partial charge is 0.269 e. The third-order valence-electron chi connectivity index (χ3n) is 4.68. The lowest BCUT2D eigenvalue weighted by molar-refractivity contribution is -0.384. The van der Waals surface area contributed by atoms with Crippen LogP contribution in [-0.4, -0.2) is 44.2 Å². The summed E-state index contributed by atoms with van der Waals surface area (Å²) in [6.45, 7) is 1.75. The minimum Gasteiger partial charge on any atom is -0.341 e. The molecule has 1 fully saturated rings. The first-order chi connectivity index (χ1) is 15.2. The van der Waals surface area contributed by atoms with Crippen LogP contribution in [0.5, 0.6) is 0 Å². The maximum absolute atomic E-state index is 10.9. The fourth-order valence-corrected chi connectivity index (χ4v) is 3.12. The monoisotopic (exact) mass is 419 g/mol. The Labute approximate surface area is 178 Å². The van der Waals surface area contributed by atoms with Crippen molar-refractivity contribution in [2.75, 3.05) is 28.7 Å². The number of benzene rings is 1. The van der Waals surface area contributed by atoms with Gasteiger partial charge in [0.1, 0.15) is 0 Å². The van der Waals surface area contributed by atoms with Gasteiger partial charge in [0.05, 0.1) is 11.1 Å². The summed E-state index contributed by atoms with van der Waals surface area (Å²) in [4.78, 5) is 29.9. The molecule has 1 aliphatic heterocycles. The Balaban J connectivity index is 1.56. The summed E-state index contributed by atoms with van der Waals surface area (Å²) in [6.07, 6.45) is 8.38. The highest BCUT2D eigenvalue weighted by Crippen LogP contribution is 2.22. The maximum Gasteiger partial charge on any atom is 0.269 e. The molecule has 0 saturated carbocycles. The van der Waals surface area contributed by atoms with E-state index in [0.29, 0.717) is 23.5 Å². The molecule has 3 aromatic rings. The second-order valence-electron chi connectivity index (χ2n) is 6.91. The van der Waals surface area contributed by atoms with Crippen LogP contribution in [0.25, 0.3) is 0 Å². The number of aromatic nitrogens is 4. The molecule has 0 amide bonds. The molecule has 0 aliphatic carbocycles. The number of nitrogens with one attached hydrogen (secondary N) is 2. The molecule has 0 radical (unpaired) electrons. The number of rotatable bonds is 7. The van der Waals surface area contributed by atoms with Gasteiger partial charge in [0.25, 0.3) is 5.69 Å². The van der Waals surface area contributed by atoms with E-state index in [0.717, 1.165) is 31.5 Å². The summed E-state index contributed by atoms with van der Waals surface area (Å²) >= 11 is 0. The normalized spacial score (nSPS) is 13.9. The highest BCUT2D eigenvalue weighted by Gasteiger charge is 2.16. The molecule has 11 nitrogen and oxygen atoms in total. The van der Waals surface area contributed by atoms with Crippen molar-refractivity contribution in [3.05, 3.63) is 64.5 Å². The van der Waals surface area contributed by atoms with E-state index in [1.165, 1.54) is 18.6 Å². The van der Waals surface area contributed by atoms with Crippen LogP contribution in [0.2, 0.25) is 0 Å². The summed E-state index contributed by atoms with van der Waals surface area (Å²) in [6, 6.07) is 9.73. The first kappa shape index (κ1) is 20.1. The molecule has 0 bridgehead atoms. The molecular weight excluding hydrogens is 398 g/mol. The third-order valence-corrected chi connectivity index (χ3v) is 4.68. The van der Waals surface area contributed by atoms with Crippen LogP contribution in [-0.2, 0) is 0 Å². The third kappa shape index (κ3) is 5.47. The lowest BCUT2D eigenvalue weighted by Crippen LogP contribution is -2.31. The van der Waals surface area contributed by atoms with Crippen molar-refractivity contribution in [2.24, 2.45) is 5.10 Å². The van der Waals surface area contributed by atoms with Gasteiger partial charge in [0.2, 0.25) is 17.8 Å². The number of nitro benzene ring substituents is 1. The molecular formula is C20H21N9O2. The Morgan fingerprint density at radius 1 is 0.968 bits per heavy atom. The average molecular weight is 419 g/mol. The fourth-order valence-electron chi connectivity index (χ4n) is 3.12. The van der Waals surface area contributed by atoms with Crippen LogP contribution in [0, 0.1) is 10.1 Å². The highest BCUT2D eigenvalue weighted by molar-refractivity contribution is 5.79. The van der Waals surface area contributed by atoms with Crippen molar-refractivity contribution in [2.45, 2.75) is 19.3 Å². The molecule has 2 N–H and O–H groups in total. The van der Waals surface area contributed by atoms with Crippen LogP contribution in [0.3, 0.4) is 0 Å². The predicted octanol–water partition coefficient (Wildman–Crippen LogP) is 3.35. The van der Waals surface area contributed by atoms with Crippen molar-refractivity contribution >= 4 is 35.4 Å². The van der Waals surface area contributed by atoms with Gasteiger partial charge in [-0.25, -0.2) is 5.43 Å². The number of hydrazone groups is 1. The molecule has 0 spiro atoms. The van der Waals surface area contributed by atoms with Crippen LogP contribution < -0.4 is 15.6 Å². The number of nitrogens with zero attached hydrogens (tertiary/aromatic N) is 7. The summed E-state index contributed by atoms with van der Waals surface area (Å²) in [5.41, 5.74) is 4.39. The van der Waals surface area contributed by atoms with Crippen LogP contribution in [0.4, 0.5) is 29.2 Å². The van der Waals surface area contributed by atoms with Crippen LogP contribution in [0.15, 0.2) is 53.9 Å². The number of pyridine rings is 1. The van der Waals surface area contributed by atoms with E-state index >= 15 is 0 Å². The van der Waals surface area contributed by atoms with Gasteiger partial charge in [-0.1, -0.05) is 0 Å². The second kappa shape index (κ2) is 9.57. The zero-order chi connectivity index (χ0) is 21.5. The number of hydrogen-bond acceptors (Lipinski definition) is 10. The zero-order valence-electron chi connectivity index (χ0n) is 16.7. The van der Waals surface area contributed by atoms with E-state index < -0.39 is 4.92 Å². The standard InChI is InChI=1S/C20H21N9O2/c30-29(31)17-6-4-16(5-7-17)23-18-24-19(27-22-14-15-8-10-21-11-9-15)26-20(25-18)28-12-2-1-3-13-28/h4-11,14H,1-3,12-13H2,(H2,23,24,25,26,27)/b22-14-. The number of anilines is 4. The van der Waals surface area contributed by atoms with E-state index in [4.69, 9.17) is 0 Å². The molecule has 0 unspecified atom stereocenters. The number of nitro groups is 1. The van der Waals surface area contributed by atoms with Crippen molar-refractivity contribution in [3.8, 4) is 0 Å². The Morgan fingerprint density at radius 2 is 1.68 bits per heavy atom. The molecule has 158 valence electrons. The summed E-state index contributed by atoms with van der Waals surface area (Å²) < 4.78 is 0. The van der Waals surface area contributed by atoms with Gasteiger partial charge in [0.15, 0.2) is 0 Å². The first-order valence-electron chi connectivity index (χ1n) is 9.89. The van der Waals surface area contributed by atoms with Gasteiger partial charge in [-0.15, -0.1) is 0 Å². The second-order valence-corrected chi connectivity index (χ2v) is 6.91. The quantitative estimate of drug-likeness (QED) is 0.336. The average Bonchev–Trinajstić information content (AvgIpc) is 2.81. The highest BCUT2D eigenvalue weighted by atomic mass is 16.6. The number of piperidine rings is 1. The minimum atomic E-state index is -0.440. The van der Waals surface area contributed by atoms with E-state index in [1.54, 1.807) is 30.7 Å². The van der Waals surface area contributed by atoms with E-state index in [2.05, 4.69) is 40.7 Å². The molecule has 11 heteroatoms. The lowest BCUT2D eigenvalue weighted by Gasteiger charge is -2.26. The van der Waals surface area contributed by atoms with Crippen molar-refractivity contribution in [1.29, 1.82) is 0 Å². The predicted molar refractivity (Wildman–Crippen MR) is 118 cm³/mol. The van der Waals surface area contributed by atoms with Gasteiger partial charge < -0.3 is 10.2 Å². The van der Waals surface area contributed by atoms with Crippen molar-refractivity contribution in [1.82, 2.24) is 19.9 Å². The molecule has 1 saturated heterocycles. The number of non-ortho nitro benzene ring substituents is 1. The van der Waals surface area contributed by atoms with E-state index in [-0.39, 0.29) is 5.69 Å². The molecule has 1 aromatic carbocycles. The lowest BCUT2D eigenvalue weighted by atomic mass is 10.1. The summed E-state index contributed by atoms with van der Waals surface area (Å²) in [7, 11) is 0. The zero-order valence-corrected chi connectivity index (χ0v) is 16.7. The first-order valence-corrected chi connectivity index (χ1v) is 9.89. The largest absolute Gasteiger partial charge is 0.341 e. The van der Waals surface area contributed by atoms with Crippen molar-refractivity contribution < 1.29 is 4.92 Å². The SMILES string of the molecule is O=[N+]([O-])c1ccc(Nc2nc(N/N=C\c3ccncc3)nc(N3CCCCC3)n2)cc1. The topological polar surface area (TPSA) is 134 Å². The molecule has 4 rings (SSSR count). The Morgan fingerprint density at radius 3 is 2.39 bits per heavy atom. The van der Waals surface area contributed by atoms with Crippen LogP contribution >= 0.6 is 0 Å². The molecule has 2 aromatic heterocycles. The summed E-state index contributed by atoms with van der Waals surface area (Å²) in [5, 5.41) is 18.1. The Bertz CT molecular complexity index is 1050. The Kier molecular flexibility index (Phi) is 6.21.